The van der Waals surface area contributed by atoms with E-state index in [-0.39, 0.29) is 6.10 Å². The van der Waals surface area contributed by atoms with Gasteiger partial charge in [-0.2, -0.15) is 0 Å². The molecule has 1 N–H and O–H groups in total. The van der Waals surface area contributed by atoms with Gasteiger partial charge in [0, 0.05) is 20.1 Å². The lowest BCUT2D eigenvalue weighted by Crippen LogP contribution is -2.41. The van der Waals surface area contributed by atoms with Crippen molar-refractivity contribution in [1.82, 2.24) is 19.7 Å². The summed E-state index contributed by atoms with van der Waals surface area (Å²) in [5.41, 5.74) is 0. The number of likely N-dealkylation sites (tertiary alicyclic amines) is 1. The lowest BCUT2D eigenvalue weighted by molar-refractivity contribution is 0.0307. The molecule has 2 atom stereocenters. The van der Waals surface area contributed by atoms with Gasteiger partial charge in [0.1, 0.15) is 12.2 Å². The Kier molecular flexibility index (Phi) is 3.02. The van der Waals surface area contributed by atoms with E-state index in [4.69, 9.17) is 0 Å². The molecule has 0 bridgehead atoms. The largest absolute Gasteiger partial charge is 0.393 e. The molecule has 0 saturated carbocycles. The molecule has 2 rings (SSSR count). The summed E-state index contributed by atoms with van der Waals surface area (Å²) in [4.78, 5) is 2.32. The standard InChI is InChI=1S/C10H18N4O/c1-8-5-14(4-3-9(8)15)6-10-12-11-7-13(10)2/h7-9,15H,3-6H2,1-2H3. The molecular weight excluding hydrogens is 192 g/mol. The van der Waals surface area contributed by atoms with E-state index < -0.39 is 0 Å². The van der Waals surface area contributed by atoms with Gasteiger partial charge in [-0.25, -0.2) is 0 Å². The smallest absolute Gasteiger partial charge is 0.146 e. The van der Waals surface area contributed by atoms with Gasteiger partial charge in [0.2, 0.25) is 0 Å². The van der Waals surface area contributed by atoms with Crippen LogP contribution in [-0.2, 0) is 13.6 Å². The molecule has 1 fully saturated rings. The predicted molar refractivity (Wildman–Crippen MR) is 56.1 cm³/mol. The monoisotopic (exact) mass is 210 g/mol. The van der Waals surface area contributed by atoms with Crippen LogP contribution in [0.5, 0.6) is 0 Å². The Labute approximate surface area is 89.7 Å². The first kappa shape index (κ1) is 10.6. The summed E-state index contributed by atoms with van der Waals surface area (Å²) in [5.74, 6) is 1.34. The van der Waals surface area contributed by atoms with Crippen LogP contribution >= 0.6 is 0 Å². The highest BCUT2D eigenvalue weighted by Gasteiger charge is 2.24. The van der Waals surface area contributed by atoms with Crippen molar-refractivity contribution in [1.29, 1.82) is 0 Å². The molecular formula is C10H18N4O. The van der Waals surface area contributed by atoms with Gasteiger partial charge >= 0.3 is 0 Å². The van der Waals surface area contributed by atoms with Gasteiger partial charge in [-0.05, 0) is 12.3 Å². The van der Waals surface area contributed by atoms with E-state index in [2.05, 4.69) is 22.0 Å². The summed E-state index contributed by atoms with van der Waals surface area (Å²) in [5, 5.41) is 17.5. The van der Waals surface area contributed by atoms with Crippen LogP contribution in [0.3, 0.4) is 0 Å². The summed E-state index contributed by atoms with van der Waals surface area (Å²) in [6.45, 7) is 4.80. The maximum absolute atomic E-state index is 9.62. The number of aliphatic hydroxyl groups is 1. The van der Waals surface area contributed by atoms with E-state index in [9.17, 15) is 5.11 Å². The summed E-state index contributed by atoms with van der Waals surface area (Å²) in [7, 11) is 1.96. The van der Waals surface area contributed by atoms with Crippen LogP contribution in [0.25, 0.3) is 0 Å². The van der Waals surface area contributed by atoms with Gasteiger partial charge in [0.05, 0.1) is 12.6 Å². The summed E-state index contributed by atoms with van der Waals surface area (Å²) in [6.07, 6.45) is 2.44. The Hall–Kier alpha value is -0.940. The third-order valence-electron chi connectivity index (χ3n) is 3.11. The molecule has 1 aromatic rings. The van der Waals surface area contributed by atoms with Crippen molar-refractivity contribution in [2.45, 2.75) is 26.0 Å². The fourth-order valence-electron chi connectivity index (χ4n) is 2.01. The van der Waals surface area contributed by atoms with Crippen molar-refractivity contribution in [2.75, 3.05) is 13.1 Å². The van der Waals surface area contributed by atoms with Crippen LogP contribution in [0.15, 0.2) is 6.33 Å². The Morgan fingerprint density at radius 3 is 3.00 bits per heavy atom. The van der Waals surface area contributed by atoms with Crippen molar-refractivity contribution in [2.24, 2.45) is 13.0 Å². The molecule has 5 nitrogen and oxygen atoms in total. The molecule has 0 radical (unpaired) electrons. The molecule has 2 heterocycles. The quantitative estimate of drug-likeness (QED) is 0.747. The number of aromatic nitrogens is 3. The molecule has 0 amide bonds. The second kappa shape index (κ2) is 4.28. The topological polar surface area (TPSA) is 54.2 Å². The highest BCUT2D eigenvalue weighted by molar-refractivity contribution is 4.87. The van der Waals surface area contributed by atoms with E-state index in [1.54, 1.807) is 6.33 Å². The molecule has 15 heavy (non-hydrogen) atoms. The van der Waals surface area contributed by atoms with E-state index >= 15 is 0 Å². The minimum atomic E-state index is -0.138. The number of rotatable bonds is 2. The second-order valence-electron chi connectivity index (χ2n) is 4.43. The van der Waals surface area contributed by atoms with E-state index in [0.717, 1.165) is 31.9 Å². The fourth-order valence-corrected chi connectivity index (χ4v) is 2.01. The van der Waals surface area contributed by atoms with Crippen LogP contribution in [0.1, 0.15) is 19.2 Å². The Bertz CT molecular complexity index is 325. The van der Waals surface area contributed by atoms with Gasteiger partial charge in [0.15, 0.2) is 0 Å². The van der Waals surface area contributed by atoms with Crippen molar-refractivity contribution in [3.8, 4) is 0 Å². The predicted octanol–water partition coefficient (Wildman–Crippen LogP) is 0.0178. The van der Waals surface area contributed by atoms with Crippen molar-refractivity contribution < 1.29 is 5.11 Å². The number of aliphatic hydroxyl groups excluding tert-OH is 1. The van der Waals surface area contributed by atoms with Crippen LogP contribution < -0.4 is 0 Å². The molecule has 0 aliphatic carbocycles. The number of hydrogen-bond acceptors (Lipinski definition) is 4. The zero-order valence-corrected chi connectivity index (χ0v) is 9.30. The van der Waals surface area contributed by atoms with Crippen molar-refractivity contribution in [3.05, 3.63) is 12.2 Å². The van der Waals surface area contributed by atoms with Crippen molar-refractivity contribution >= 4 is 0 Å². The van der Waals surface area contributed by atoms with Crippen molar-refractivity contribution in [3.63, 3.8) is 0 Å². The van der Waals surface area contributed by atoms with Gasteiger partial charge in [-0.3, -0.25) is 4.90 Å². The minimum absolute atomic E-state index is 0.138. The lowest BCUT2D eigenvalue weighted by atomic mass is 9.97. The number of aryl methyl sites for hydroxylation is 1. The first-order valence-electron chi connectivity index (χ1n) is 5.40. The van der Waals surface area contributed by atoms with Crippen LogP contribution in [0, 0.1) is 5.92 Å². The normalized spacial score (nSPS) is 28.2. The summed E-state index contributed by atoms with van der Waals surface area (Å²) < 4.78 is 1.94. The second-order valence-corrected chi connectivity index (χ2v) is 4.43. The van der Waals surface area contributed by atoms with E-state index in [0.29, 0.717) is 5.92 Å². The molecule has 2 unspecified atom stereocenters. The first-order chi connectivity index (χ1) is 7.16. The number of nitrogens with zero attached hydrogens (tertiary/aromatic N) is 4. The Balaban J connectivity index is 1.94. The molecule has 1 saturated heterocycles. The van der Waals surface area contributed by atoms with Crippen LogP contribution in [0.4, 0.5) is 0 Å². The Morgan fingerprint density at radius 1 is 1.60 bits per heavy atom. The van der Waals surface area contributed by atoms with Gasteiger partial charge in [0.25, 0.3) is 0 Å². The highest BCUT2D eigenvalue weighted by Crippen LogP contribution is 2.17. The average Bonchev–Trinajstić information content (AvgIpc) is 2.59. The minimum Gasteiger partial charge on any atom is -0.393 e. The van der Waals surface area contributed by atoms with E-state index in [1.165, 1.54) is 0 Å². The summed E-state index contributed by atoms with van der Waals surface area (Å²) in [6, 6.07) is 0. The lowest BCUT2D eigenvalue weighted by Gasteiger charge is -2.33. The molecule has 84 valence electrons. The molecule has 1 aliphatic rings. The summed E-state index contributed by atoms with van der Waals surface area (Å²) >= 11 is 0. The third kappa shape index (κ3) is 2.35. The molecule has 1 aliphatic heterocycles. The Morgan fingerprint density at radius 2 is 2.40 bits per heavy atom. The molecule has 0 spiro atoms. The third-order valence-corrected chi connectivity index (χ3v) is 3.11. The SMILES string of the molecule is CC1CN(Cc2nncn2C)CCC1O. The van der Waals surface area contributed by atoms with Gasteiger partial charge in [-0.1, -0.05) is 6.92 Å². The maximum Gasteiger partial charge on any atom is 0.146 e. The highest BCUT2D eigenvalue weighted by atomic mass is 16.3. The van der Waals surface area contributed by atoms with E-state index in [1.807, 2.05) is 11.6 Å². The average molecular weight is 210 g/mol. The van der Waals surface area contributed by atoms with Crippen LogP contribution in [-0.4, -0.2) is 44.0 Å². The van der Waals surface area contributed by atoms with Crippen LogP contribution in [0.2, 0.25) is 0 Å². The number of hydrogen-bond donors (Lipinski definition) is 1. The zero-order chi connectivity index (χ0) is 10.8. The zero-order valence-electron chi connectivity index (χ0n) is 9.30. The number of piperidine rings is 1. The molecule has 1 aromatic heterocycles. The first-order valence-corrected chi connectivity index (χ1v) is 5.40. The van der Waals surface area contributed by atoms with Gasteiger partial charge in [-0.15, -0.1) is 10.2 Å². The molecule has 5 heteroatoms. The van der Waals surface area contributed by atoms with Gasteiger partial charge < -0.3 is 9.67 Å². The fraction of sp³-hybridized carbons (Fsp3) is 0.800. The maximum atomic E-state index is 9.62. The molecule has 0 aromatic carbocycles.